The fourth-order valence-electron chi connectivity index (χ4n) is 4.37. The predicted octanol–water partition coefficient (Wildman–Crippen LogP) is 3.68. The van der Waals surface area contributed by atoms with Gasteiger partial charge in [-0.3, -0.25) is 19.2 Å². The van der Waals surface area contributed by atoms with E-state index < -0.39 is 66.3 Å². The van der Waals surface area contributed by atoms with E-state index in [9.17, 15) is 37.1 Å². The van der Waals surface area contributed by atoms with Crippen molar-refractivity contribution in [1.82, 2.24) is 20.9 Å². The number of carbonyl (C=O) groups excluding carboxylic acids is 4. The number of hydrogen-bond donors (Lipinski definition) is 4. The average Bonchev–Trinajstić information content (AvgIpc) is 3.04. The van der Waals surface area contributed by atoms with E-state index in [-0.39, 0.29) is 23.4 Å². The maximum absolute atomic E-state index is 13.8. The zero-order chi connectivity index (χ0) is 35.6. The molecule has 0 saturated carbocycles. The number of ketones is 1. The lowest BCUT2D eigenvalue weighted by atomic mass is 9.97. The first-order chi connectivity index (χ1) is 22.6. The van der Waals surface area contributed by atoms with E-state index in [2.05, 4.69) is 20.9 Å². The molecule has 3 unspecified atom stereocenters. The van der Waals surface area contributed by atoms with E-state index in [4.69, 9.17) is 26.2 Å². The normalized spacial score (nSPS) is 13.1. The number of ether oxygens (including phenoxy) is 2. The number of carboxylic acids is 1. The van der Waals surface area contributed by atoms with Gasteiger partial charge >= 0.3 is 12.1 Å². The maximum Gasteiger partial charge on any atom is 0.452 e. The van der Waals surface area contributed by atoms with Gasteiger partial charge in [-0.15, -0.1) is 0 Å². The smallest absolute Gasteiger partial charge is 0.452 e. The number of alkyl halides is 3. The van der Waals surface area contributed by atoms with Crippen LogP contribution in [0, 0.1) is 5.92 Å². The zero-order valence-corrected chi connectivity index (χ0v) is 26.6. The van der Waals surface area contributed by atoms with E-state index in [0.29, 0.717) is 16.3 Å². The van der Waals surface area contributed by atoms with Crippen molar-refractivity contribution in [1.29, 1.82) is 0 Å². The van der Waals surface area contributed by atoms with Gasteiger partial charge in [-0.2, -0.15) is 13.2 Å². The van der Waals surface area contributed by atoms with Crippen molar-refractivity contribution >= 4 is 41.1 Å². The number of pyridine rings is 1. The molecular formula is C32H32ClF3N4O8. The minimum Gasteiger partial charge on any atom is -0.497 e. The molecule has 4 N–H and O–H groups in total. The Morgan fingerprint density at radius 3 is 2.12 bits per heavy atom. The summed E-state index contributed by atoms with van der Waals surface area (Å²) >= 11 is 6.11. The average molecular weight is 693 g/mol. The summed E-state index contributed by atoms with van der Waals surface area (Å²) in [6, 6.07) is 9.70. The van der Waals surface area contributed by atoms with Crippen molar-refractivity contribution in [2.75, 3.05) is 13.7 Å². The van der Waals surface area contributed by atoms with E-state index in [1.54, 1.807) is 24.3 Å². The molecule has 0 spiro atoms. The van der Waals surface area contributed by atoms with Crippen molar-refractivity contribution in [3.8, 4) is 11.5 Å². The van der Waals surface area contributed by atoms with Crippen LogP contribution in [0.5, 0.6) is 11.5 Å². The summed E-state index contributed by atoms with van der Waals surface area (Å²) in [5, 5.41) is 16.3. The largest absolute Gasteiger partial charge is 0.497 e. The van der Waals surface area contributed by atoms with Gasteiger partial charge in [0.25, 0.3) is 11.7 Å². The van der Waals surface area contributed by atoms with Gasteiger partial charge in [-0.05, 0) is 53.4 Å². The first kappa shape index (κ1) is 37.3. The fraction of sp³-hybridized carbons (Fsp3) is 0.312. The number of nitrogens with one attached hydrogen (secondary N) is 3. The number of amides is 3. The van der Waals surface area contributed by atoms with Crippen LogP contribution in [-0.2, 0) is 25.6 Å². The van der Waals surface area contributed by atoms with Crippen molar-refractivity contribution in [2.24, 2.45) is 5.92 Å². The lowest BCUT2D eigenvalue weighted by molar-refractivity contribution is -0.175. The van der Waals surface area contributed by atoms with Crippen LogP contribution < -0.4 is 25.4 Å². The van der Waals surface area contributed by atoms with Gasteiger partial charge < -0.3 is 30.5 Å². The number of benzene rings is 2. The summed E-state index contributed by atoms with van der Waals surface area (Å²) in [5.41, 5.74) is 0.473. The fourth-order valence-corrected chi connectivity index (χ4v) is 4.59. The van der Waals surface area contributed by atoms with Gasteiger partial charge in [0.05, 0.1) is 19.3 Å². The first-order valence-electron chi connectivity index (χ1n) is 14.3. The second-order valence-electron chi connectivity index (χ2n) is 10.7. The second kappa shape index (κ2) is 16.6. The van der Waals surface area contributed by atoms with Crippen molar-refractivity contribution < 1.29 is 51.7 Å². The molecule has 3 amide bonds. The third kappa shape index (κ3) is 10.7. The van der Waals surface area contributed by atoms with Gasteiger partial charge in [0.2, 0.25) is 11.8 Å². The number of methoxy groups -OCH3 is 1. The molecule has 0 aliphatic heterocycles. The molecule has 1 aromatic heterocycles. The summed E-state index contributed by atoms with van der Waals surface area (Å²) < 4.78 is 50.2. The highest BCUT2D eigenvalue weighted by molar-refractivity contribution is 6.30. The number of aromatic nitrogens is 1. The number of nitrogens with zero attached hydrogens (tertiary/aromatic N) is 1. The number of carboxylic acid groups (broad SMARTS) is 1. The molecule has 1 heterocycles. The van der Waals surface area contributed by atoms with Crippen LogP contribution in [0.2, 0.25) is 5.02 Å². The molecular weight excluding hydrogens is 661 g/mol. The van der Waals surface area contributed by atoms with Crippen molar-refractivity contribution in [2.45, 2.75) is 44.6 Å². The molecule has 0 fully saturated rings. The van der Waals surface area contributed by atoms with E-state index in [1.807, 2.05) is 0 Å². The van der Waals surface area contributed by atoms with E-state index in [0.717, 1.165) is 6.20 Å². The summed E-state index contributed by atoms with van der Waals surface area (Å²) in [5.74, 6) is -6.75. The van der Waals surface area contributed by atoms with Crippen LogP contribution >= 0.6 is 11.6 Å². The third-order valence-electron chi connectivity index (χ3n) is 6.81. The highest BCUT2D eigenvalue weighted by atomic mass is 35.5. The van der Waals surface area contributed by atoms with Gasteiger partial charge in [0, 0.05) is 11.4 Å². The van der Waals surface area contributed by atoms with E-state index in [1.165, 1.54) is 57.4 Å². The molecule has 3 aromatic rings. The molecule has 12 nitrogen and oxygen atoms in total. The Balaban J connectivity index is 1.94. The van der Waals surface area contributed by atoms with Gasteiger partial charge in [-0.1, -0.05) is 49.7 Å². The lowest BCUT2D eigenvalue weighted by Gasteiger charge is -2.27. The van der Waals surface area contributed by atoms with Crippen LogP contribution in [0.25, 0.3) is 0 Å². The molecule has 16 heteroatoms. The molecule has 0 aliphatic carbocycles. The molecule has 256 valence electrons. The Bertz CT molecular complexity index is 1620. The maximum atomic E-state index is 13.8. The van der Waals surface area contributed by atoms with Gasteiger partial charge in [0.1, 0.15) is 29.3 Å². The quantitative estimate of drug-likeness (QED) is 0.185. The van der Waals surface area contributed by atoms with E-state index >= 15 is 0 Å². The monoisotopic (exact) mass is 692 g/mol. The van der Waals surface area contributed by atoms with Crippen LogP contribution in [0.3, 0.4) is 0 Å². The van der Waals surface area contributed by atoms with Crippen LogP contribution in [-0.4, -0.2) is 71.5 Å². The molecule has 0 aliphatic rings. The summed E-state index contributed by atoms with van der Waals surface area (Å²) in [4.78, 5) is 67.4. The molecule has 0 saturated heterocycles. The molecule has 3 atom stereocenters. The molecule has 2 aromatic carbocycles. The Morgan fingerprint density at radius 1 is 0.917 bits per heavy atom. The van der Waals surface area contributed by atoms with Crippen molar-refractivity contribution in [3.05, 3.63) is 88.7 Å². The Labute approximate surface area is 278 Å². The number of rotatable bonds is 15. The summed E-state index contributed by atoms with van der Waals surface area (Å²) in [6.45, 7) is 2.01. The van der Waals surface area contributed by atoms with Gasteiger partial charge in [0.15, 0.2) is 6.61 Å². The minimum absolute atomic E-state index is 0.0687. The van der Waals surface area contributed by atoms with Crippen LogP contribution in [0.1, 0.15) is 41.5 Å². The number of halogens is 4. The molecule has 0 radical (unpaired) electrons. The Kier molecular flexibility index (Phi) is 12.9. The molecule has 3 rings (SSSR count). The first-order valence-corrected chi connectivity index (χ1v) is 14.7. The summed E-state index contributed by atoms with van der Waals surface area (Å²) in [7, 11) is 1.39. The minimum atomic E-state index is -5.23. The predicted molar refractivity (Wildman–Crippen MR) is 165 cm³/mol. The van der Waals surface area contributed by atoms with Crippen LogP contribution in [0.4, 0.5) is 13.2 Å². The van der Waals surface area contributed by atoms with Gasteiger partial charge in [-0.25, -0.2) is 9.78 Å². The molecule has 48 heavy (non-hydrogen) atoms. The van der Waals surface area contributed by atoms with Crippen molar-refractivity contribution in [3.63, 3.8) is 0 Å². The number of aliphatic carboxylic acids is 1. The highest BCUT2D eigenvalue weighted by Crippen LogP contribution is 2.24. The SMILES string of the molecule is COc1ccc(C(NC(=O)C(Cc2cccc(Cl)c2)NC(=O)c2ccc(OCC(=O)O)cn2)C(=O)NC(C(=O)C(F)(F)F)C(C)C)cc1. The highest BCUT2D eigenvalue weighted by Gasteiger charge is 2.45. The third-order valence-corrected chi connectivity index (χ3v) is 7.04. The number of hydrogen-bond acceptors (Lipinski definition) is 8. The topological polar surface area (TPSA) is 173 Å². The van der Waals surface area contributed by atoms with Crippen LogP contribution in [0.15, 0.2) is 66.9 Å². The number of Topliss-reactive ketones (excluding diaryl/α,β-unsaturated/α-hetero) is 1. The standard InChI is InChI=1S/C32H32ClF3N4O8/c1-17(2)26(28(43)32(34,35)36)39-31(46)27(19-7-9-21(47-3)10-8-19)40-30(45)24(14-18-5-4-6-20(33)13-18)38-29(44)23-12-11-22(15-37-23)48-16-25(41)42/h4-13,15,17,24,26-27H,14,16H2,1-3H3,(H,38,44)(H,39,46)(H,40,45)(H,41,42). The second-order valence-corrected chi connectivity index (χ2v) is 11.2. The Morgan fingerprint density at radius 2 is 1.58 bits per heavy atom. The lowest BCUT2D eigenvalue weighted by Crippen LogP contribution is -2.55. The zero-order valence-electron chi connectivity index (χ0n) is 25.8. The summed E-state index contributed by atoms with van der Waals surface area (Å²) in [6.07, 6.45) is -4.26. The molecule has 0 bridgehead atoms. The Hall–Kier alpha value is -5.18. The number of carbonyl (C=O) groups is 5.